The maximum Gasteiger partial charge on any atom is 0.308 e. The van der Waals surface area contributed by atoms with Crippen LogP contribution in [-0.4, -0.2) is 63.2 Å². The zero-order valence-electron chi connectivity index (χ0n) is 13.5. The van der Waals surface area contributed by atoms with Gasteiger partial charge in [0.15, 0.2) is 0 Å². The predicted molar refractivity (Wildman–Crippen MR) is 84.8 cm³/mol. The number of nitrogens with one attached hydrogen (secondary N) is 1. The van der Waals surface area contributed by atoms with Crippen LogP contribution in [0.1, 0.15) is 10.7 Å². The minimum atomic E-state index is -3.51. The van der Waals surface area contributed by atoms with Gasteiger partial charge in [0.2, 0.25) is 15.9 Å². The smallest absolute Gasteiger partial charge is 0.308 e. The highest BCUT2D eigenvalue weighted by molar-refractivity contribution is 7.89. The van der Waals surface area contributed by atoms with Gasteiger partial charge in [0.1, 0.15) is 0 Å². The molecule has 0 aliphatic rings. The summed E-state index contributed by atoms with van der Waals surface area (Å²) in [5.41, 5.74) is 0.510. The Morgan fingerprint density at radius 3 is 2.50 bits per heavy atom. The van der Waals surface area contributed by atoms with Crippen molar-refractivity contribution >= 4 is 15.9 Å². The molecule has 0 aliphatic carbocycles. The number of nitrogens with zero attached hydrogens (tertiary/aromatic N) is 3. The molecule has 0 saturated heterocycles. The van der Waals surface area contributed by atoms with Crippen LogP contribution in [0.2, 0.25) is 0 Å². The Kier molecular flexibility index (Phi) is 5.65. The van der Waals surface area contributed by atoms with Crippen molar-refractivity contribution in [1.29, 1.82) is 0 Å². The third-order valence-corrected chi connectivity index (χ3v) is 4.92. The molecule has 2 aromatic rings. The summed E-state index contributed by atoms with van der Waals surface area (Å²) in [6, 6.07) is 5.95. The van der Waals surface area contributed by atoms with Gasteiger partial charge >= 0.3 is 11.8 Å². The van der Waals surface area contributed by atoms with Crippen molar-refractivity contribution in [3.8, 4) is 11.5 Å². The molecule has 0 bridgehead atoms. The molecule has 1 aromatic carbocycles. The van der Waals surface area contributed by atoms with Crippen LogP contribution in [0.5, 0.6) is 0 Å². The van der Waals surface area contributed by atoms with Gasteiger partial charge in [-0.25, -0.2) is 12.7 Å². The fourth-order valence-electron chi connectivity index (χ4n) is 1.75. The van der Waals surface area contributed by atoms with Crippen LogP contribution in [0.4, 0.5) is 0 Å². The second-order valence-corrected chi connectivity index (χ2v) is 7.12. The number of rotatable bonds is 7. The Morgan fingerprint density at radius 1 is 1.25 bits per heavy atom. The molecule has 0 unspecified atom stereocenters. The number of hydrogen-bond acceptors (Lipinski definition) is 7. The fourth-order valence-corrected chi connectivity index (χ4v) is 2.66. The summed E-state index contributed by atoms with van der Waals surface area (Å²) in [7, 11) is 0.927. The lowest BCUT2D eigenvalue weighted by atomic mass is 10.2. The fraction of sp³-hybridized carbons (Fsp3) is 0.357. The third kappa shape index (κ3) is 3.96. The van der Waals surface area contributed by atoms with Crippen LogP contribution in [0.15, 0.2) is 33.6 Å². The molecule has 0 atom stereocenters. The summed E-state index contributed by atoms with van der Waals surface area (Å²) in [4.78, 5) is 11.9. The van der Waals surface area contributed by atoms with E-state index in [1.807, 2.05) is 0 Å². The second-order valence-electron chi connectivity index (χ2n) is 4.97. The topological polar surface area (TPSA) is 115 Å². The average Bonchev–Trinajstić information content (AvgIpc) is 3.05. The Balaban J connectivity index is 2.15. The van der Waals surface area contributed by atoms with Crippen molar-refractivity contribution in [2.75, 3.05) is 34.4 Å². The molecule has 0 spiro atoms. The van der Waals surface area contributed by atoms with Crippen molar-refractivity contribution in [1.82, 2.24) is 19.8 Å². The number of methoxy groups -OCH3 is 1. The van der Waals surface area contributed by atoms with E-state index < -0.39 is 15.9 Å². The monoisotopic (exact) mass is 354 g/mol. The molecule has 10 heteroatoms. The van der Waals surface area contributed by atoms with Gasteiger partial charge in [-0.05, 0) is 24.3 Å². The summed E-state index contributed by atoms with van der Waals surface area (Å²) in [6.07, 6.45) is 0. The number of ether oxygens (including phenoxy) is 1. The van der Waals surface area contributed by atoms with Gasteiger partial charge in [0, 0.05) is 33.3 Å². The standard InChI is InChI=1S/C14H18N4O5S/c1-18(2)24(20,21)11-6-4-10(5-7-11)13-16-17-14(23-13)12(19)15-8-9-22-3/h4-7H,8-9H2,1-3H3,(H,15,19). The van der Waals surface area contributed by atoms with Crippen molar-refractivity contribution < 1.29 is 22.4 Å². The lowest BCUT2D eigenvalue weighted by Crippen LogP contribution is -2.27. The first-order valence-corrected chi connectivity index (χ1v) is 8.44. The van der Waals surface area contributed by atoms with Crippen LogP contribution in [0, 0.1) is 0 Å². The van der Waals surface area contributed by atoms with E-state index in [1.54, 1.807) is 0 Å². The molecule has 0 saturated carbocycles. The largest absolute Gasteiger partial charge is 0.412 e. The van der Waals surface area contributed by atoms with Gasteiger partial charge in [-0.1, -0.05) is 0 Å². The quantitative estimate of drug-likeness (QED) is 0.714. The molecule has 0 radical (unpaired) electrons. The molecule has 0 aliphatic heterocycles. The number of carbonyl (C=O) groups is 1. The molecule has 24 heavy (non-hydrogen) atoms. The van der Waals surface area contributed by atoms with Crippen LogP contribution in [0.3, 0.4) is 0 Å². The second kappa shape index (κ2) is 7.51. The molecule has 0 fully saturated rings. The van der Waals surface area contributed by atoms with E-state index in [9.17, 15) is 13.2 Å². The highest BCUT2D eigenvalue weighted by Crippen LogP contribution is 2.21. The molecular weight excluding hydrogens is 336 g/mol. The summed E-state index contributed by atoms with van der Waals surface area (Å²) in [6.45, 7) is 0.693. The molecule has 1 aromatic heterocycles. The molecule has 1 heterocycles. The van der Waals surface area contributed by atoms with Crippen LogP contribution < -0.4 is 5.32 Å². The zero-order valence-corrected chi connectivity index (χ0v) is 14.3. The molecule has 1 amide bonds. The normalized spacial score (nSPS) is 11.7. The van der Waals surface area contributed by atoms with E-state index in [0.29, 0.717) is 18.7 Å². The zero-order chi connectivity index (χ0) is 17.7. The first kappa shape index (κ1) is 18.0. The Labute approximate surface area is 139 Å². The maximum absolute atomic E-state index is 12.0. The summed E-state index contributed by atoms with van der Waals surface area (Å²) in [5, 5.41) is 10.0. The van der Waals surface area contributed by atoms with Gasteiger partial charge in [-0.15, -0.1) is 10.2 Å². The van der Waals surface area contributed by atoms with E-state index in [4.69, 9.17) is 9.15 Å². The summed E-state index contributed by atoms with van der Waals surface area (Å²) >= 11 is 0. The minimum absolute atomic E-state index is 0.126. The first-order chi connectivity index (χ1) is 11.4. The van der Waals surface area contributed by atoms with E-state index >= 15 is 0 Å². The Bertz CT molecular complexity index is 799. The number of sulfonamides is 1. The first-order valence-electron chi connectivity index (χ1n) is 7.00. The number of aromatic nitrogens is 2. The van der Waals surface area contributed by atoms with E-state index in [1.165, 1.54) is 45.5 Å². The molecule has 2 rings (SSSR count). The lowest BCUT2D eigenvalue weighted by molar-refractivity contribution is 0.0903. The summed E-state index contributed by atoms with van der Waals surface area (Å²) in [5.74, 6) is -0.551. The van der Waals surface area contributed by atoms with Gasteiger partial charge in [0.05, 0.1) is 11.5 Å². The molecular formula is C14H18N4O5S. The highest BCUT2D eigenvalue weighted by Gasteiger charge is 2.19. The van der Waals surface area contributed by atoms with Crippen LogP contribution >= 0.6 is 0 Å². The minimum Gasteiger partial charge on any atom is -0.412 e. The van der Waals surface area contributed by atoms with Crippen molar-refractivity contribution in [3.63, 3.8) is 0 Å². The van der Waals surface area contributed by atoms with Gasteiger partial charge < -0.3 is 14.5 Å². The Hall–Kier alpha value is -2.30. The van der Waals surface area contributed by atoms with Crippen molar-refractivity contribution in [3.05, 3.63) is 30.2 Å². The molecule has 9 nitrogen and oxygen atoms in total. The van der Waals surface area contributed by atoms with E-state index in [2.05, 4.69) is 15.5 Å². The summed E-state index contributed by atoms with van der Waals surface area (Å²) < 4.78 is 35.3. The predicted octanol–water partition coefficient (Wildman–Crippen LogP) is 0.363. The average molecular weight is 354 g/mol. The number of amides is 1. The van der Waals surface area contributed by atoms with Crippen molar-refractivity contribution in [2.45, 2.75) is 4.90 Å². The number of hydrogen-bond donors (Lipinski definition) is 1. The molecule has 1 N–H and O–H groups in total. The van der Waals surface area contributed by atoms with E-state index in [0.717, 1.165) is 4.31 Å². The van der Waals surface area contributed by atoms with Crippen LogP contribution in [-0.2, 0) is 14.8 Å². The Morgan fingerprint density at radius 2 is 1.92 bits per heavy atom. The van der Waals surface area contributed by atoms with Gasteiger partial charge in [0.25, 0.3) is 0 Å². The van der Waals surface area contributed by atoms with Gasteiger partial charge in [-0.2, -0.15) is 0 Å². The molecule has 130 valence electrons. The van der Waals surface area contributed by atoms with Crippen molar-refractivity contribution in [2.24, 2.45) is 0 Å². The number of benzene rings is 1. The van der Waals surface area contributed by atoms with Gasteiger partial charge in [-0.3, -0.25) is 4.79 Å². The third-order valence-electron chi connectivity index (χ3n) is 3.09. The highest BCUT2D eigenvalue weighted by atomic mass is 32.2. The SMILES string of the molecule is COCCNC(=O)c1nnc(-c2ccc(S(=O)(=O)N(C)C)cc2)o1. The van der Waals surface area contributed by atoms with Crippen LogP contribution in [0.25, 0.3) is 11.5 Å². The number of carbonyl (C=O) groups excluding carboxylic acids is 1. The lowest BCUT2D eigenvalue weighted by Gasteiger charge is -2.11. The van der Waals surface area contributed by atoms with E-state index in [-0.39, 0.29) is 16.7 Å². The maximum atomic E-state index is 12.0.